The van der Waals surface area contributed by atoms with Crippen molar-refractivity contribution >= 4 is 11.0 Å². The first-order valence-electron chi connectivity index (χ1n) is 16.2. The minimum Gasteiger partial charge on any atom is -0.508 e. The van der Waals surface area contributed by atoms with E-state index in [0.717, 1.165) is 12.1 Å². The lowest BCUT2D eigenvalue weighted by Crippen LogP contribution is -2.60. The van der Waals surface area contributed by atoms with E-state index in [4.69, 9.17) is 23.4 Å². The highest BCUT2D eigenvalue weighted by molar-refractivity contribution is 5.92. The zero-order chi connectivity index (χ0) is 37.9. The fraction of sp³-hybridized carbons (Fsp3) is 0.270. The Morgan fingerprint density at radius 3 is 2.17 bits per heavy atom. The third-order valence-corrected chi connectivity index (χ3v) is 9.44. The van der Waals surface area contributed by atoms with E-state index in [1.165, 1.54) is 55.6 Å². The van der Waals surface area contributed by atoms with Gasteiger partial charge in [0.2, 0.25) is 12.0 Å². The van der Waals surface area contributed by atoms with Crippen LogP contribution in [0.1, 0.15) is 35.1 Å². The number of rotatable bonds is 7. The number of methoxy groups -OCH3 is 1. The van der Waals surface area contributed by atoms with Gasteiger partial charge in [0.25, 0.3) is 0 Å². The first-order valence-corrected chi connectivity index (χ1v) is 16.2. The predicted molar refractivity (Wildman–Crippen MR) is 181 cm³/mol. The maximum Gasteiger partial charge on any atom is 0.402 e. The number of aliphatic hydroxyl groups is 4. The van der Waals surface area contributed by atoms with Crippen LogP contribution in [-0.2, 0) is 4.74 Å². The summed E-state index contributed by atoms with van der Waals surface area (Å²) in [6.07, 6.45) is -9.23. The summed E-state index contributed by atoms with van der Waals surface area (Å²) in [5.41, 5.74) is 0.623. The van der Waals surface area contributed by atoms with Crippen molar-refractivity contribution in [2.24, 2.45) is 0 Å². The Bertz CT molecular complexity index is 2200. The van der Waals surface area contributed by atoms with Crippen molar-refractivity contribution in [2.45, 2.75) is 49.1 Å². The molecule has 7 rings (SSSR count). The van der Waals surface area contributed by atoms with E-state index in [2.05, 4.69) is 0 Å². The minimum absolute atomic E-state index is 0.0126. The molecule has 2 unspecified atom stereocenters. The Labute approximate surface area is 299 Å². The predicted octanol–water partition coefficient (Wildman–Crippen LogP) is 3.16. The molecule has 0 amide bonds. The number of benzene rings is 4. The second-order valence-electron chi connectivity index (χ2n) is 12.7. The van der Waals surface area contributed by atoms with Crippen molar-refractivity contribution < 1.29 is 79.5 Å². The summed E-state index contributed by atoms with van der Waals surface area (Å²) in [5, 5.41) is 116. The van der Waals surface area contributed by atoms with Gasteiger partial charge in [0.1, 0.15) is 70.2 Å². The van der Waals surface area contributed by atoms with Crippen molar-refractivity contribution in [3.05, 3.63) is 77.4 Å². The van der Waals surface area contributed by atoms with E-state index < -0.39 is 72.3 Å². The van der Waals surface area contributed by atoms with Gasteiger partial charge in [0, 0.05) is 48.2 Å². The molecule has 0 saturated carbocycles. The molecule has 2 aliphatic heterocycles. The van der Waals surface area contributed by atoms with E-state index in [1.807, 2.05) is 0 Å². The highest BCUT2D eigenvalue weighted by Crippen LogP contribution is 2.55. The standard InChI is InChI=1S/C37H34O16/c1-49-26-7-15(3-5-20(26)41)35-28(51-37-34(48)33(47)32(46)29(13-38)52-37)10-17-21(42)12-24(45)31(36(17)53-35)18-11-25(14-2-4-19(40)22(43)6-14)50-27-9-16(39)8-23(44)30(18)27/h2-10,12,18,25,29,32-34,37-38,46-48H,11,13H2,1H3,(H6-,39,40,41,42,43,44,45)/p+1/t18?,25?,29-,32-,33+,34-,37-/m1/s1. The Balaban J connectivity index is 1.45. The Morgan fingerprint density at radius 2 is 1.45 bits per heavy atom. The first kappa shape index (κ1) is 35.5. The van der Waals surface area contributed by atoms with Crippen LogP contribution < -0.4 is 14.2 Å². The van der Waals surface area contributed by atoms with E-state index in [0.29, 0.717) is 5.56 Å². The topological polar surface area (TPSA) is 271 Å². The lowest BCUT2D eigenvalue weighted by atomic mass is 9.80. The smallest absolute Gasteiger partial charge is 0.402 e. The van der Waals surface area contributed by atoms with Crippen LogP contribution in [0.2, 0.25) is 0 Å². The lowest BCUT2D eigenvalue weighted by Gasteiger charge is -2.39. The summed E-state index contributed by atoms with van der Waals surface area (Å²) >= 11 is 0. The summed E-state index contributed by atoms with van der Waals surface area (Å²) in [4.78, 5) is 0. The first-order chi connectivity index (χ1) is 25.3. The van der Waals surface area contributed by atoms with Gasteiger partial charge in [-0.2, -0.15) is 0 Å². The summed E-state index contributed by atoms with van der Waals surface area (Å²) in [5.74, 6) is -4.06. The number of hydrogen-bond donors (Lipinski definition) is 11. The molecule has 0 spiro atoms. The second kappa shape index (κ2) is 13.6. The van der Waals surface area contributed by atoms with Gasteiger partial charge in [-0.15, -0.1) is 0 Å². The van der Waals surface area contributed by atoms with E-state index in [-0.39, 0.29) is 74.3 Å². The van der Waals surface area contributed by atoms with Crippen LogP contribution in [0.25, 0.3) is 22.3 Å². The third-order valence-electron chi connectivity index (χ3n) is 9.44. The fourth-order valence-electron chi connectivity index (χ4n) is 6.78. The monoisotopic (exact) mass is 735 g/mol. The molecule has 11 N–H and O–H groups in total. The molecule has 1 fully saturated rings. The number of phenols is 7. The van der Waals surface area contributed by atoms with Gasteiger partial charge in [0.05, 0.1) is 19.3 Å². The van der Waals surface area contributed by atoms with Gasteiger partial charge in [-0.1, -0.05) is 6.07 Å². The quantitative estimate of drug-likeness (QED) is 0.0846. The molecular weight excluding hydrogens is 700 g/mol. The average Bonchev–Trinajstić information content (AvgIpc) is 3.12. The molecule has 16 nitrogen and oxygen atoms in total. The number of hydrogen-bond acceptors (Lipinski definition) is 15. The normalized spacial score (nSPS) is 24.0. The number of aromatic hydroxyl groups is 7. The molecular formula is C37H35O16+. The van der Waals surface area contributed by atoms with Gasteiger partial charge in [0.15, 0.2) is 23.0 Å². The van der Waals surface area contributed by atoms with Gasteiger partial charge < -0.3 is 75.1 Å². The molecule has 2 aliphatic rings. The van der Waals surface area contributed by atoms with Crippen molar-refractivity contribution in [2.75, 3.05) is 13.7 Å². The molecule has 1 saturated heterocycles. The zero-order valence-electron chi connectivity index (χ0n) is 27.7. The largest absolute Gasteiger partial charge is 0.508 e. The van der Waals surface area contributed by atoms with E-state index >= 15 is 0 Å². The van der Waals surface area contributed by atoms with E-state index in [1.54, 1.807) is 0 Å². The lowest BCUT2D eigenvalue weighted by molar-refractivity contribution is -0.277. The molecule has 3 heterocycles. The SMILES string of the molecule is COc1cc(-c2[o+]c3c(C4CC(c5ccc(O)c(O)c5)Oc5cc(O)cc(O)c54)c(O)cc(O)c3cc2O[C@@H]2O[C@H](CO)[C@@H](O)[C@H](O)[C@H]2O)ccc1O. The Hall–Kier alpha value is -5.91. The van der Waals surface area contributed by atoms with Crippen molar-refractivity contribution in [1.82, 2.24) is 0 Å². The van der Waals surface area contributed by atoms with Crippen molar-refractivity contribution in [3.8, 4) is 68.8 Å². The van der Waals surface area contributed by atoms with Crippen molar-refractivity contribution in [1.29, 1.82) is 0 Å². The van der Waals surface area contributed by atoms with Crippen LogP contribution in [0.4, 0.5) is 0 Å². The molecule has 16 heteroatoms. The number of aliphatic hydroxyl groups excluding tert-OH is 4. The minimum atomic E-state index is -1.83. The number of fused-ring (bicyclic) bond motifs is 2. The van der Waals surface area contributed by atoms with Gasteiger partial charge in [-0.25, -0.2) is 4.42 Å². The molecule has 0 radical (unpaired) electrons. The molecule has 4 aromatic carbocycles. The van der Waals surface area contributed by atoms with Crippen LogP contribution in [0.5, 0.6) is 57.5 Å². The second-order valence-corrected chi connectivity index (χ2v) is 12.7. The van der Waals surface area contributed by atoms with Crippen molar-refractivity contribution in [3.63, 3.8) is 0 Å². The van der Waals surface area contributed by atoms with Gasteiger partial charge in [-0.3, -0.25) is 0 Å². The number of ether oxygens (including phenoxy) is 4. The molecule has 0 aliphatic carbocycles. The maximum atomic E-state index is 11.5. The molecule has 5 aromatic rings. The number of phenolic OH excluding ortho intramolecular Hbond substituents is 7. The van der Waals surface area contributed by atoms with Crippen LogP contribution >= 0.6 is 0 Å². The van der Waals surface area contributed by atoms with Crippen LogP contribution in [0.15, 0.2) is 65.1 Å². The summed E-state index contributed by atoms with van der Waals surface area (Å²) < 4.78 is 29.5. The molecule has 1 aromatic heterocycles. The molecule has 278 valence electrons. The summed E-state index contributed by atoms with van der Waals surface area (Å²) in [7, 11) is 1.31. The molecule has 53 heavy (non-hydrogen) atoms. The summed E-state index contributed by atoms with van der Waals surface area (Å²) in [6, 6.07) is 12.8. The average molecular weight is 736 g/mol. The summed E-state index contributed by atoms with van der Waals surface area (Å²) in [6.45, 7) is -0.736. The maximum absolute atomic E-state index is 11.5. The zero-order valence-corrected chi connectivity index (χ0v) is 27.7. The van der Waals surface area contributed by atoms with Crippen LogP contribution in [-0.4, -0.2) is 101 Å². The van der Waals surface area contributed by atoms with Crippen LogP contribution in [0, 0.1) is 0 Å². The third kappa shape index (κ3) is 6.21. The highest BCUT2D eigenvalue weighted by Gasteiger charge is 2.46. The van der Waals surface area contributed by atoms with E-state index in [9.17, 15) is 56.2 Å². The Morgan fingerprint density at radius 1 is 0.717 bits per heavy atom. The van der Waals surface area contributed by atoms with Crippen LogP contribution in [0.3, 0.4) is 0 Å². The van der Waals surface area contributed by atoms with Gasteiger partial charge in [-0.05, 0) is 29.8 Å². The highest BCUT2D eigenvalue weighted by atomic mass is 16.7. The molecule has 0 bridgehead atoms. The molecule has 7 atom stereocenters. The fourth-order valence-corrected chi connectivity index (χ4v) is 6.78. The Kier molecular flexibility index (Phi) is 9.09. The van der Waals surface area contributed by atoms with Gasteiger partial charge >= 0.3 is 11.3 Å².